The summed E-state index contributed by atoms with van der Waals surface area (Å²) >= 11 is 1.40. The number of rotatable bonds is 0. The standard InChI is InChI=1S/C27H21F2N3O4S/c28-17-12-19-21-16(22(17)29)13-37-20-5-2-1-4-15(20)23(21)32-14-30(27(8-9-27)7-3-11-36-19)26(35)24-25(34)18(33)6-10-31(24)32/h1-7,10,12,23,34H,8-9,11,13-14H2/b7-3-/t23-/m0/s1. The molecule has 4 heterocycles. The quantitative estimate of drug-likeness (QED) is 0.450. The molecule has 2 aromatic carbocycles. The minimum absolute atomic E-state index is 0.0972. The molecule has 1 amide bonds. The fraction of sp³-hybridized carbons (Fsp3) is 0.259. The summed E-state index contributed by atoms with van der Waals surface area (Å²) in [5.74, 6) is -2.64. The lowest BCUT2D eigenvalue weighted by atomic mass is 9.92. The number of aromatic nitrogens is 1. The molecule has 37 heavy (non-hydrogen) atoms. The van der Waals surface area contributed by atoms with Gasteiger partial charge < -0.3 is 14.7 Å². The van der Waals surface area contributed by atoms with E-state index >= 15 is 4.39 Å². The Labute approximate surface area is 214 Å². The third-order valence-electron chi connectivity index (χ3n) is 7.61. The molecule has 188 valence electrons. The van der Waals surface area contributed by atoms with E-state index in [9.17, 15) is 19.1 Å². The van der Waals surface area contributed by atoms with Crippen LogP contribution in [-0.4, -0.2) is 39.4 Å². The van der Waals surface area contributed by atoms with Crippen LogP contribution in [0.5, 0.6) is 11.5 Å². The third kappa shape index (κ3) is 3.18. The van der Waals surface area contributed by atoms with Gasteiger partial charge in [-0.05, 0) is 30.5 Å². The summed E-state index contributed by atoms with van der Waals surface area (Å²) in [5, 5.41) is 12.6. The van der Waals surface area contributed by atoms with Crippen LogP contribution in [0.4, 0.5) is 8.78 Å². The van der Waals surface area contributed by atoms with Gasteiger partial charge in [0.2, 0.25) is 5.43 Å². The van der Waals surface area contributed by atoms with E-state index in [4.69, 9.17) is 4.74 Å². The second kappa shape index (κ2) is 7.85. The lowest BCUT2D eigenvalue weighted by Crippen LogP contribution is -2.58. The first-order valence-corrected chi connectivity index (χ1v) is 12.9. The Bertz CT molecular complexity index is 1580. The van der Waals surface area contributed by atoms with Gasteiger partial charge in [-0.2, -0.15) is 0 Å². The van der Waals surface area contributed by atoms with E-state index in [0.717, 1.165) is 16.5 Å². The van der Waals surface area contributed by atoms with Crippen molar-refractivity contribution in [3.05, 3.63) is 99.0 Å². The maximum atomic E-state index is 15.4. The predicted molar refractivity (Wildman–Crippen MR) is 132 cm³/mol. The minimum atomic E-state index is -0.992. The zero-order chi connectivity index (χ0) is 25.5. The van der Waals surface area contributed by atoms with E-state index in [2.05, 4.69) is 0 Å². The highest BCUT2D eigenvalue weighted by Crippen LogP contribution is 2.50. The highest BCUT2D eigenvalue weighted by atomic mass is 32.2. The Hall–Kier alpha value is -3.79. The van der Waals surface area contributed by atoms with E-state index in [0.29, 0.717) is 18.4 Å². The van der Waals surface area contributed by atoms with Crippen LogP contribution in [0.3, 0.4) is 0 Å². The molecule has 3 aromatic rings. The maximum absolute atomic E-state index is 15.4. The van der Waals surface area contributed by atoms with Crippen molar-refractivity contribution in [3.8, 4) is 11.5 Å². The van der Waals surface area contributed by atoms with Crippen LogP contribution < -0.4 is 15.2 Å². The maximum Gasteiger partial charge on any atom is 0.278 e. The molecule has 1 aliphatic carbocycles. The van der Waals surface area contributed by atoms with Gasteiger partial charge in [-0.25, -0.2) is 8.78 Å². The number of hydrogen-bond donors (Lipinski definition) is 1. The van der Waals surface area contributed by atoms with Crippen molar-refractivity contribution >= 4 is 17.7 Å². The summed E-state index contributed by atoms with van der Waals surface area (Å²) in [5.41, 5.74) is 0.0319. The normalized spacial score (nSPS) is 21.7. The summed E-state index contributed by atoms with van der Waals surface area (Å²) in [4.78, 5) is 28.7. The van der Waals surface area contributed by atoms with E-state index in [-0.39, 0.29) is 36.0 Å². The zero-order valence-corrected chi connectivity index (χ0v) is 20.3. The number of benzene rings is 2. The molecular formula is C27H21F2N3O4S. The van der Waals surface area contributed by atoms with Gasteiger partial charge in [-0.3, -0.25) is 19.3 Å². The number of pyridine rings is 1. The molecule has 7 nitrogen and oxygen atoms in total. The monoisotopic (exact) mass is 521 g/mol. The van der Waals surface area contributed by atoms with Crippen molar-refractivity contribution in [3.63, 3.8) is 0 Å². The number of carbonyl (C=O) groups is 1. The molecule has 1 spiro atoms. The van der Waals surface area contributed by atoms with E-state index in [1.807, 2.05) is 35.4 Å². The Morgan fingerprint density at radius 2 is 1.95 bits per heavy atom. The molecule has 1 N–H and O–H groups in total. The molecule has 2 bridgehead atoms. The number of halogens is 2. The molecule has 1 saturated carbocycles. The van der Waals surface area contributed by atoms with Gasteiger partial charge >= 0.3 is 0 Å². The van der Waals surface area contributed by atoms with Crippen LogP contribution in [0, 0.1) is 11.6 Å². The lowest BCUT2D eigenvalue weighted by Gasteiger charge is -2.46. The van der Waals surface area contributed by atoms with Crippen LogP contribution in [-0.2, 0) is 5.75 Å². The van der Waals surface area contributed by atoms with Crippen LogP contribution >= 0.6 is 11.8 Å². The van der Waals surface area contributed by atoms with Gasteiger partial charge in [-0.15, -0.1) is 11.8 Å². The molecule has 3 aliphatic heterocycles. The fourth-order valence-electron chi connectivity index (χ4n) is 5.63. The molecular weight excluding hydrogens is 500 g/mol. The number of aromatic hydroxyl groups is 1. The molecule has 0 unspecified atom stereocenters. The molecule has 1 aromatic heterocycles. The largest absolute Gasteiger partial charge is 0.502 e. The number of thioether (sulfide) groups is 1. The van der Waals surface area contributed by atoms with Crippen molar-refractivity contribution in [2.75, 3.05) is 18.3 Å². The van der Waals surface area contributed by atoms with Crippen molar-refractivity contribution in [1.29, 1.82) is 0 Å². The fourth-order valence-corrected chi connectivity index (χ4v) is 6.73. The minimum Gasteiger partial charge on any atom is -0.502 e. The first kappa shape index (κ1) is 22.4. The second-order valence-electron chi connectivity index (χ2n) is 9.64. The average Bonchev–Trinajstić information content (AvgIpc) is 3.70. The Kier molecular flexibility index (Phi) is 4.76. The van der Waals surface area contributed by atoms with Crippen LogP contribution in [0.25, 0.3) is 0 Å². The van der Waals surface area contributed by atoms with E-state index in [1.165, 1.54) is 28.7 Å². The van der Waals surface area contributed by atoms with Crippen LogP contribution in [0.2, 0.25) is 0 Å². The van der Waals surface area contributed by atoms with Crippen molar-refractivity contribution < 1.29 is 23.4 Å². The Morgan fingerprint density at radius 3 is 2.76 bits per heavy atom. The predicted octanol–water partition coefficient (Wildman–Crippen LogP) is 4.06. The molecule has 1 fully saturated rings. The first-order valence-electron chi connectivity index (χ1n) is 12.0. The molecule has 0 saturated heterocycles. The zero-order valence-electron chi connectivity index (χ0n) is 19.5. The summed E-state index contributed by atoms with van der Waals surface area (Å²) in [7, 11) is 0. The van der Waals surface area contributed by atoms with Crippen molar-refractivity contribution in [2.24, 2.45) is 0 Å². The third-order valence-corrected chi connectivity index (χ3v) is 8.72. The highest BCUT2D eigenvalue weighted by Gasteiger charge is 2.53. The highest BCUT2D eigenvalue weighted by molar-refractivity contribution is 7.98. The molecule has 4 aliphatic rings. The van der Waals surface area contributed by atoms with Gasteiger partial charge in [0.05, 0.1) is 5.54 Å². The van der Waals surface area contributed by atoms with E-state index in [1.54, 1.807) is 11.0 Å². The molecule has 10 heteroatoms. The van der Waals surface area contributed by atoms with Crippen molar-refractivity contribution in [2.45, 2.75) is 35.1 Å². The first-order chi connectivity index (χ1) is 17.9. The number of fused-ring (bicyclic) bond motifs is 8. The summed E-state index contributed by atoms with van der Waals surface area (Å²) in [6.45, 7) is 0.207. The van der Waals surface area contributed by atoms with Gasteiger partial charge in [0.15, 0.2) is 23.1 Å². The topological polar surface area (TPSA) is 75.0 Å². The number of hydrogen-bond acceptors (Lipinski definition) is 6. The average molecular weight is 522 g/mol. The molecule has 1 atom stereocenters. The molecule has 7 rings (SSSR count). The number of amides is 1. The molecule has 0 radical (unpaired) electrons. The van der Waals surface area contributed by atoms with Crippen LogP contribution in [0.15, 0.2) is 64.4 Å². The van der Waals surface area contributed by atoms with Crippen molar-refractivity contribution in [1.82, 2.24) is 9.58 Å². The van der Waals surface area contributed by atoms with E-state index < -0.39 is 40.3 Å². The smallest absolute Gasteiger partial charge is 0.278 e. The summed E-state index contributed by atoms with van der Waals surface area (Å²) in [6.07, 6.45) is 6.54. The van der Waals surface area contributed by atoms with Gasteiger partial charge in [0, 0.05) is 40.1 Å². The number of carbonyl (C=O) groups excluding carboxylic acids is 1. The lowest BCUT2D eigenvalue weighted by molar-refractivity contribution is 0.0605. The van der Waals surface area contributed by atoms with Gasteiger partial charge in [0.1, 0.15) is 25.1 Å². The Balaban J connectivity index is 1.58. The second-order valence-corrected chi connectivity index (χ2v) is 10.7. The van der Waals surface area contributed by atoms with Gasteiger partial charge in [0.25, 0.3) is 5.91 Å². The summed E-state index contributed by atoms with van der Waals surface area (Å²) < 4.78 is 37.7. The number of ether oxygens (including phenoxy) is 1. The number of nitrogens with zero attached hydrogens (tertiary/aromatic N) is 3. The van der Waals surface area contributed by atoms with Crippen LogP contribution in [0.1, 0.15) is 46.1 Å². The summed E-state index contributed by atoms with van der Waals surface area (Å²) in [6, 6.07) is 9.16. The Morgan fingerprint density at radius 1 is 1.14 bits per heavy atom. The van der Waals surface area contributed by atoms with Gasteiger partial charge in [-0.1, -0.05) is 24.3 Å². The SMILES string of the molecule is O=C1c2c(O)c(=O)ccn2N2CN1C1(/C=C\COc3cc(F)c(F)c4c3[C@@H]2c2ccccc2SC4)CC1.